The fourth-order valence-electron chi connectivity index (χ4n) is 4.17. The average molecular weight is 314 g/mol. The number of hydrogen-bond acceptors (Lipinski definition) is 3. The Hall–Kier alpha value is -2.68. The molecule has 0 radical (unpaired) electrons. The first-order valence-corrected chi connectivity index (χ1v) is 8.35. The highest BCUT2D eigenvalue weighted by Crippen LogP contribution is 2.53. The number of hydrogen-bond donors (Lipinski definition) is 0. The first-order valence-electron chi connectivity index (χ1n) is 8.35. The van der Waals surface area contributed by atoms with E-state index in [1.807, 2.05) is 30.6 Å². The van der Waals surface area contributed by atoms with Crippen LogP contribution >= 0.6 is 0 Å². The largest absolute Gasteiger partial charge is 0.481 e. The van der Waals surface area contributed by atoms with Gasteiger partial charge in [-0.15, -0.1) is 0 Å². The second-order valence-corrected chi connectivity index (χ2v) is 7.07. The van der Waals surface area contributed by atoms with Crippen molar-refractivity contribution in [3.8, 4) is 28.3 Å². The molecule has 1 aliphatic carbocycles. The first-order chi connectivity index (χ1) is 11.6. The Bertz CT molecular complexity index is 991. The molecule has 0 spiro atoms. The molecule has 1 unspecified atom stereocenters. The van der Waals surface area contributed by atoms with E-state index in [-0.39, 0.29) is 5.60 Å². The predicted molar refractivity (Wildman–Crippen MR) is 94.1 cm³/mol. The van der Waals surface area contributed by atoms with Crippen LogP contribution in [0.2, 0.25) is 0 Å². The molecule has 2 aliphatic rings. The Kier molecular flexibility index (Phi) is 2.54. The lowest BCUT2D eigenvalue weighted by Crippen LogP contribution is -2.30. The van der Waals surface area contributed by atoms with Gasteiger partial charge in [-0.1, -0.05) is 25.1 Å². The molecule has 0 saturated heterocycles. The van der Waals surface area contributed by atoms with Crippen LogP contribution in [0.3, 0.4) is 0 Å². The molecule has 1 atom stereocenters. The maximum absolute atomic E-state index is 6.24. The summed E-state index contributed by atoms with van der Waals surface area (Å²) in [5, 5.41) is 0. The summed E-state index contributed by atoms with van der Waals surface area (Å²) in [6.07, 6.45) is 3.72. The molecule has 3 heterocycles. The van der Waals surface area contributed by atoms with E-state index in [2.05, 4.69) is 48.9 Å². The molecule has 0 amide bonds. The Morgan fingerprint density at radius 3 is 2.54 bits per heavy atom. The van der Waals surface area contributed by atoms with Crippen LogP contribution in [0.15, 0.2) is 48.8 Å². The van der Waals surface area contributed by atoms with E-state index in [1.165, 1.54) is 27.8 Å². The lowest BCUT2D eigenvalue weighted by atomic mass is 9.82. The van der Waals surface area contributed by atoms with Gasteiger partial charge < -0.3 is 4.74 Å². The summed E-state index contributed by atoms with van der Waals surface area (Å²) >= 11 is 0. The van der Waals surface area contributed by atoms with Gasteiger partial charge in [0.15, 0.2) is 0 Å². The molecule has 0 N–H and O–H groups in total. The molecule has 0 saturated carbocycles. The molecule has 1 aliphatic heterocycles. The van der Waals surface area contributed by atoms with Crippen LogP contribution in [-0.2, 0) is 5.60 Å². The van der Waals surface area contributed by atoms with Crippen molar-refractivity contribution in [3.63, 3.8) is 0 Å². The Labute approximate surface area is 141 Å². The van der Waals surface area contributed by atoms with E-state index in [1.54, 1.807) is 0 Å². The fraction of sp³-hybridized carbons (Fsp3) is 0.238. The molecule has 24 heavy (non-hydrogen) atoms. The van der Waals surface area contributed by atoms with Gasteiger partial charge in [-0.2, -0.15) is 0 Å². The third-order valence-corrected chi connectivity index (χ3v) is 5.26. The minimum atomic E-state index is -0.373. The lowest BCUT2D eigenvalue weighted by Gasteiger charge is -2.35. The zero-order valence-electron chi connectivity index (χ0n) is 14.0. The maximum Gasteiger partial charge on any atom is 0.146 e. The highest BCUT2D eigenvalue weighted by atomic mass is 16.5. The van der Waals surface area contributed by atoms with Gasteiger partial charge in [0.05, 0.1) is 5.69 Å². The summed E-state index contributed by atoms with van der Waals surface area (Å²) in [6, 6.07) is 12.5. The molecule has 2 aromatic heterocycles. The summed E-state index contributed by atoms with van der Waals surface area (Å²) in [5.74, 6) is 1.17. The van der Waals surface area contributed by atoms with Crippen molar-refractivity contribution < 1.29 is 4.74 Å². The van der Waals surface area contributed by atoms with Crippen molar-refractivity contribution in [1.29, 1.82) is 0 Å². The van der Waals surface area contributed by atoms with E-state index in [0.717, 1.165) is 17.1 Å². The van der Waals surface area contributed by atoms with E-state index in [9.17, 15) is 0 Å². The summed E-state index contributed by atoms with van der Waals surface area (Å²) in [6.45, 7) is 6.51. The van der Waals surface area contributed by atoms with Gasteiger partial charge in [0.25, 0.3) is 0 Å². The van der Waals surface area contributed by atoms with Crippen molar-refractivity contribution in [1.82, 2.24) is 9.97 Å². The fourth-order valence-corrected chi connectivity index (χ4v) is 4.17. The van der Waals surface area contributed by atoms with Crippen LogP contribution < -0.4 is 4.74 Å². The van der Waals surface area contributed by atoms with Gasteiger partial charge >= 0.3 is 0 Å². The van der Waals surface area contributed by atoms with E-state index >= 15 is 0 Å². The molecule has 5 rings (SSSR count). The van der Waals surface area contributed by atoms with E-state index in [0.29, 0.717) is 5.92 Å². The number of benzene rings is 1. The summed E-state index contributed by atoms with van der Waals surface area (Å²) < 4.78 is 6.24. The Morgan fingerprint density at radius 2 is 1.71 bits per heavy atom. The monoisotopic (exact) mass is 314 g/mol. The number of pyridine rings is 2. The highest BCUT2D eigenvalue weighted by molar-refractivity contribution is 5.88. The van der Waals surface area contributed by atoms with Crippen LogP contribution in [-0.4, -0.2) is 9.97 Å². The third kappa shape index (κ3) is 1.62. The molecule has 3 heteroatoms. The summed E-state index contributed by atoms with van der Waals surface area (Å²) in [4.78, 5) is 9.30. The van der Waals surface area contributed by atoms with Gasteiger partial charge in [0, 0.05) is 35.0 Å². The van der Waals surface area contributed by atoms with Crippen molar-refractivity contribution in [2.75, 3.05) is 0 Å². The van der Waals surface area contributed by atoms with Crippen LogP contribution in [0, 0.1) is 0 Å². The van der Waals surface area contributed by atoms with E-state index < -0.39 is 0 Å². The second kappa shape index (κ2) is 4.44. The van der Waals surface area contributed by atoms with Gasteiger partial charge in [-0.05, 0) is 43.2 Å². The lowest BCUT2D eigenvalue weighted by molar-refractivity contribution is 0.105. The van der Waals surface area contributed by atoms with Crippen LogP contribution in [0.5, 0.6) is 5.75 Å². The highest BCUT2D eigenvalue weighted by Gasteiger charge is 2.39. The van der Waals surface area contributed by atoms with Gasteiger partial charge in [-0.25, -0.2) is 0 Å². The zero-order chi connectivity index (χ0) is 16.5. The maximum atomic E-state index is 6.24. The quantitative estimate of drug-likeness (QED) is 0.592. The molecule has 3 aromatic rings. The molecule has 3 nitrogen and oxygen atoms in total. The van der Waals surface area contributed by atoms with Crippen LogP contribution in [0.25, 0.3) is 22.5 Å². The van der Waals surface area contributed by atoms with Gasteiger partial charge in [0.2, 0.25) is 0 Å². The van der Waals surface area contributed by atoms with Gasteiger partial charge in [0.1, 0.15) is 17.0 Å². The number of fused-ring (bicyclic) bond motifs is 7. The Balaban J connectivity index is 1.90. The van der Waals surface area contributed by atoms with Crippen molar-refractivity contribution in [2.24, 2.45) is 0 Å². The SMILES string of the molecule is CC1c2cccnc2-c2ccc3c(c21)-c1ncccc1OC3(C)C. The molecule has 0 fully saturated rings. The number of rotatable bonds is 0. The topological polar surface area (TPSA) is 35.0 Å². The van der Waals surface area contributed by atoms with Gasteiger partial charge in [-0.3, -0.25) is 9.97 Å². The standard InChI is InChI=1S/C21H18N2O/c1-12-13-6-4-10-22-19(13)14-8-9-15-18(17(12)14)20-16(7-5-11-23-20)24-21(15,2)3/h4-12H,1-3H3. The van der Waals surface area contributed by atoms with Crippen molar-refractivity contribution in [2.45, 2.75) is 32.3 Å². The van der Waals surface area contributed by atoms with Crippen molar-refractivity contribution in [3.05, 3.63) is 65.5 Å². The second-order valence-electron chi connectivity index (χ2n) is 7.07. The number of nitrogens with zero attached hydrogens (tertiary/aromatic N) is 2. The molecule has 118 valence electrons. The third-order valence-electron chi connectivity index (χ3n) is 5.26. The molecule has 1 aromatic carbocycles. The predicted octanol–water partition coefficient (Wildman–Crippen LogP) is 4.90. The molecule has 0 bridgehead atoms. The van der Waals surface area contributed by atoms with Crippen LogP contribution in [0.1, 0.15) is 43.4 Å². The minimum absolute atomic E-state index is 0.308. The van der Waals surface area contributed by atoms with E-state index in [4.69, 9.17) is 4.74 Å². The Morgan fingerprint density at radius 1 is 0.958 bits per heavy atom. The number of aromatic nitrogens is 2. The van der Waals surface area contributed by atoms with Crippen molar-refractivity contribution >= 4 is 0 Å². The molecular weight excluding hydrogens is 296 g/mol. The average Bonchev–Trinajstić information content (AvgIpc) is 2.88. The zero-order valence-corrected chi connectivity index (χ0v) is 14.0. The smallest absolute Gasteiger partial charge is 0.146 e. The summed E-state index contributed by atoms with van der Waals surface area (Å²) in [5.41, 5.74) is 7.96. The molecular formula is C21H18N2O. The normalized spacial score (nSPS) is 18.9. The number of ether oxygens (including phenoxy) is 1. The first kappa shape index (κ1) is 13.7. The summed E-state index contributed by atoms with van der Waals surface area (Å²) in [7, 11) is 0. The van der Waals surface area contributed by atoms with Crippen LogP contribution in [0.4, 0.5) is 0 Å². The minimum Gasteiger partial charge on any atom is -0.481 e.